The van der Waals surface area contributed by atoms with Crippen LogP contribution >= 0.6 is 39.1 Å². The van der Waals surface area contributed by atoms with Crippen molar-refractivity contribution in [3.05, 3.63) is 62.0 Å². The topological polar surface area (TPSA) is 86.8 Å². The maximum Gasteiger partial charge on any atom is 0.244 e. The Morgan fingerprint density at radius 2 is 1.74 bits per heavy atom. The monoisotopic (exact) mass is 645 g/mol. The minimum atomic E-state index is -3.82. The number of benzene rings is 2. The predicted octanol–water partition coefficient (Wildman–Crippen LogP) is 6.09. The van der Waals surface area contributed by atoms with Gasteiger partial charge >= 0.3 is 0 Å². The number of aryl methyl sites for hydroxylation is 1. The zero-order chi connectivity index (χ0) is 28.0. The average molecular weight is 647 g/mol. The second kappa shape index (κ2) is 13.5. The maximum atomic E-state index is 13.9. The van der Waals surface area contributed by atoms with Gasteiger partial charge in [0.1, 0.15) is 12.6 Å². The third-order valence-corrected chi connectivity index (χ3v) is 9.57. The van der Waals surface area contributed by atoms with Crippen LogP contribution in [-0.4, -0.2) is 50.0 Å². The SMILES string of the molecule is CC[C@@H](C(=O)NC1CCCCC1)N(Cc1c(Cl)cccc1Cl)C(=O)CN(c1ccc(Br)c(C)c1)S(C)(=O)=O. The Kier molecular flexibility index (Phi) is 10.9. The summed E-state index contributed by atoms with van der Waals surface area (Å²) in [4.78, 5) is 28.8. The summed E-state index contributed by atoms with van der Waals surface area (Å²) in [7, 11) is -3.82. The molecule has 7 nitrogen and oxygen atoms in total. The quantitative estimate of drug-likeness (QED) is 0.339. The van der Waals surface area contributed by atoms with Crippen molar-refractivity contribution in [2.45, 2.75) is 71.0 Å². The Hall–Kier alpha value is -1.81. The molecular formula is C27H34BrCl2N3O4S. The number of carbonyl (C=O) groups is 2. The number of amides is 2. The molecule has 0 heterocycles. The Morgan fingerprint density at radius 1 is 1.11 bits per heavy atom. The van der Waals surface area contributed by atoms with Gasteiger partial charge in [-0.1, -0.05) is 71.4 Å². The lowest BCUT2D eigenvalue weighted by Crippen LogP contribution is -2.54. The van der Waals surface area contributed by atoms with Gasteiger partial charge in [-0.05, 0) is 62.1 Å². The highest BCUT2D eigenvalue weighted by molar-refractivity contribution is 9.10. The summed E-state index contributed by atoms with van der Waals surface area (Å²) in [5.41, 5.74) is 1.68. The molecule has 3 rings (SSSR count). The fourth-order valence-electron chi connectivity index (χ4n) is 4.72. The van der Waals surface area contributed by atoms with Gasteiger partial charge in [0.2, 0.25) is 21.8 Å². The number of rotatable bonds is 10. The second-order valence-corrected chi connectivity index (χ2v) is 13.3. The summed E-state index contributed by atoms with van der Waals surface area (Å²) >= 11 is 16.3. The number of nitrogens with one attached hydrogen (secondary N) is 1. The first-order chi connectivity index (χ1) is 17.9. The normalized spacial score (nSPS) is 15.1. The highest BCUT2D eigenvalue weighted by Gasteiger charge is 2.33. The zero-order valence-corrected chi connectivity index (χ0v) is 25.8. The molecule has 11 heteroatoms. The summed E-state index contributed by atoms with van der Waals surface area (Å²) in [6, 6.07) is 9.34. The molecule has 1 fully saturated rings. The molecule has 1 aliphatic carbocycles. The molecule has 2 amide bonds. The molecule has 1 aliphatic rings. The van der Waals surface area contributed by atoms with Crippen LogP contribution in [0.15, 0.2) is 40.9 Å². The van der Waals surface area contributed by atoms with Gasteiger partial charge in [0.15, 0.2) is 0 Å². The molecule has 2 aromatic rings. The standard InChI is InChI=1S/C27H34BrCl2N3O4S/c1-4-25(27(35)31-19-9-6-5-7-10-19)32(16-21-23(29)11-8-12-24(21)30)26(34)17-33(38(3,36)37)20-13-14-22(28)18(2)15-20/h8,11-15,19,25H,4-7,9-10,16-17H2,1-3H3,(H,31,35)/t25-/m0/s1. The van der Waals surface area contributed by atoms with Gasteiger partial charge in [0.05, 0.1) is 11.9 Å². The number of anilines is 1. The number of carbonyl (C=O) groups excluding carboxylic acids is 2. The first-order valence-corrected chi connectivity index (χ1v) is 16.1. The Labute approximate surface area is 244 Å². The third kappa shape index (κ3) is 7.87. The molecule has 0 radical (unpaired) electrons. The zero-order valence-electron chi connectivity index (χ0n) is 21.8. The van der Waals surface area contributed by atoms with E-state index in [1.165, 1.54) is 4.90 Å². The van der Waals surface area contributed by atoms with E-state index in [-0.39, 0.29) is 18.5 Å². The van der Waals surface area contributed by atoms with E-state index in [9.17, 15) is 18.0 Å². The van der Waals surface area contributed by atoms with Crippen LogP contribution in [0, 0.1) is 6.92 Å². The minimum Gasteiger partial charge on any atom is -0.352 e. The summed E-state index contributed by atoms with van der Waals surface area (Å²) in [6.45, 7) is 3.15. The van der Waals surface area contributed by atoms with Crippen molar-refractivity contribution in [2.24, 2.45) is 0 Å². The number of hydrogen-bond donors (Lipinski definition) is 1. The van der Waals surface area contributed by atoms with Crippen LogP contribution in [-0.2, 0) is 26.2 Å². The van der Waals surface area contributed by atoms with Crippen molar-refractivity contribution in [2.75, 3.05) is 17.1 Å². The molecule has 2 aromatic carbocycles. The Balaban J connectivity index is 1.97. The molecule has 208 valence electrons. The fourth-order valence-corrected chi connectivity index (χ4v) is 6.32. The van der Waals surface area contributed by atoms with Gasteiger partial charge in [-0.25, -0.2) is 8.42 Å². The number of halogens is 3. The summed E-state index contributed by atoms with van der Waals surface area (Å²) in [6.07, 6.45) is 6.44. The van der Waals surface area contributed by atoms with Crippen molar-refractivity contribution in [1.82, 2.24) is 10.2 Å². The molecule has 0 bridgehead atoms. The molecule has 0 aromatic heterocycles. The van der Waals surface area contributed by atoms with Crippen LogP contribution < -0.4 is 9.62 Å². The van der Waals surface area contributed by atoms with E-state index in [0.717, 1.165) is 52.7 Å². The third-order valence-electron chi connectivity index (χ3n) is 6.84. The first kappa shape index (κ1) is 30.7. The predicted molar refractivity (Wildman–Crippen MR) is 157 cm³/mol. The van der Waals surface area contributed by atoms with Crippen LogP contribution in [0.2, 0.25) is 10.0 Å². The van der Waals surface area contributed by atoms with Crippen LogP contribution in [0.3, 0.4) is 0 Å². The number of sulfonamides is 1. The molecule has 1 N–H and O–H groups in total. The molecular weight excluding hydrogens is 613 g/mol. The molecule has 0 aliphatic heterocycles. The molecule has 1 saturated carbocycles. The lowest BCUT2D eigenvalue weighted by Gasteiger charge is -2.34. The van der Waals surface area contributed by atoms with Gasteiger partial charge in [-0.3, -0.25) is 13.9 Å². The molecule has 38 heavy (non-hydrogen) atoms. The average Bonchev–Trinajstić information content (AvgIpc) is 2.85. The molecule has 0 unspecified atom stereocenters. The van der Waals surface area contributed by atoms with Crippen LogP contribution in [0.25, 0.3) is 0 Å². The largest absolute Gasteiger partial charge is 0.352 e. The molecule has 0 spiro atoms. The van der Waals surface area contributed by atoms with Crippen molar-refractivity contribution in [3.8, 4) is 0 Å². The second-order valence-electron chi connectivity index (χ2n) is 9.69. The van der Waals surface area contributed by atoms with Gasteiger partial charge in [-0.2, -0.15) is 0 Å². The lowest BCUT2D eigenvalue weighted by molar-refractivity contribution is -0.140. The molecule has 0 saturated heterocycles. The van der Waals surface area contributed by atoms with E-state index < -0.39 is 28.5 Å². The fraction of sp³-hybridized carbons (Fsp3) is 0.481. The van der Waals surface area contributed by atoms with Crippen molar-refractivity contribution < 1.29 is 18.0 Å². The smallest absolute Gasteiger partial charge is 0.244 e. The maximum absolute atomic E-state index is 13.9. The lowest BCUT2D eigenvalue weighted by atomic mass is 9.95. The van der Waals surface area contributed by atoms with Crippen LogP contribution in [0.1, 0.15) is 56.6 Å². The van der Waals surface area contributed by atoms with Crippen molar-refractivity contribution in [3.63, 3.8) is 0 Å². The summed E-state index contributed by atoms with van der Waals surface area (Å²) in [5, 5.41) is 3.84. The highest BCUT2D eigenvalue weighted by Crippen LogP contribution is 2.29. The van der Waals surface area contributed by atoms with E-state index in [0.29, 0.717) is 27.7 Å². The van der Waals surface area contributed by atoms with Gasteiger partial charge in [0.25, 0.3) is 0 Å². The van der Waals surface area contributed by atoms with Gasteiger partial charge in [0, 0.05) is 32.7 Å². The molecule has 1 atom stereocenters. The van der Waals surface area contributed by atoms with Gasteiger partial charge < -0.3 is 10.2 Å². The minimum absolute atomic E-state index is 0.0368. The van der Waals surface area contributed by atoms with Gasteiger partial charge in [-0.15, -0.1) is 0 Å². The van der Waals surface area contributed by atoms with Crippen molar-refractivity contribution >= 4 is 66.7 Å². The Morgan fingerprint density at radius 3 is 2.29 bits per heavy atom. The van der Waals surface area contributed by atoms with E-state index >= 15 is 0 Å². The van der Waals surface area contributed by atoms with Crippen molar-refractivity contribution in [1.29, 1.82) is 0 Å². The number of nitrogens with zero attached hydrogens (tertiary/aromatic N) is 2. The summed E-state index contributed by atoms with van der Waals surface area (Å²) in [5.74, 6) is -0.793. The first-order valence-electron chi connectivity index (χ1n) is 12.7. The highest BCUT2D eigenvalue weighted by atomic mass is 79.9. The van der Waals surface area contributed by atoms with E-state index in [1.54, 1.807) is 36.4 Å². The summed E-state index contributed by atoms with van der Waals surface area (Å²) < 4.78 is 27.5. The Bertz CT molecular complexity index is 1250. The van der Waals surface area contributed by atoms with Crippen LogP contribution in [0.4, 0.5) is 5.69 Å². The van der Waals surface area contributed by atoms with E-state index in [4.69, 9.17) is 23.2 Å². The van der Waals surface area contributed by atoms with Crippen LogP contribution in [0.5, 0.6) is 0 Å². The number of hydrogen-bond acceptors (Lipinski definition) is 4. The van der Waals surface area contributed by atoms with E-state index in [2.05, 4.69) is 21.2 Å². The van der Waals surface area contributed by atoms with E-state index in [1.807, 2.05) is 13.8 Å².